The van der Waals surface area contributed by atoms with Crippen LogP contribution in [0.2, 0.25) is 0 Å². The molecule has 3 N–H and O–H groups in total. The molecule has 3 rings (SSSR count). The van der Waals surface area contributed by atoms with E-state index in [4.69, 9.17) is 4.74 Å². The van der Waals surface area contributed by atoms with E-state index in [2.05, 4.69) is 5.32 Å². The molecule has 140 valence electrons. The number of phenols is 1. The molecule has 0 saturated heterocycles. The summed E-state index contributed by atoms with van der Waals surface area (Å²) in [6.45, 7) is 0. The lowest BCUT2D eigenvalue weighted by molar-refractivity contribution is -0.111. The smallest absolute Gasteiger partial charge is 0.337 e. The molecule has 0 fully saturated rings. The monoisotopic (exact) mass is 375 g/mol. The van der Waals surface area contributed by atoms with Gasteiger partial charge >= 0.3 is 5.97 Å². The summed E-state index contributed by atoms with van der Waals surface area (Å²) in [5.41, 5.74) is 0.792. The fraction of sp³-hybridized carbons (Fsp3) is 0. The van der Waals surface area contributed by atoms with Crippen LogP contribution in [0.4, 0.5) is 5.69 Å². The fourth-order valence-corrected chi connectivity index (χ4v) is 2.43. The predicted molar refractivity (Wildman–Crippen MR) is 106 cm³/mol. The summed E-state index contributed by atoms with van der Waals surface area (Å²) in [7, 11) is 0. The number of ether oxygens (including phenoxy) is 1. The molecule has 3 aromatic rings. The van der Waals surface area contributed by atoms with Crippen molar-refractivity contribution in [2.24, 2.45) is 0 Å². The van der Waals surface area contributed by atoms with Crippen molar-refractivity contribution in [1.82, 2.24) is 0 Å². The molecule has 6 nitrogen and oxygen atoms in total. The molecule has 28 heavy (non-hydrogen) atoms. The Hall–Kier alpha value is -4.06. The Balaban J connectivity index is 1.78. The molecular weight excluding hydrogens is 358 g/mol. The van der Waals surface area contributed by atoms with E-state index in [1.54, 1.807) is 30.3 Å². The Labute approximate surface area is 161 Å². The molecule has 0 atom stereocenters. The SMILES string of the molecule is O=C(/C=C/c1ccc(O)cc1)Nc1cc(Oc2ccccc2)ccc1C(=O)O. The van der Waals surface area contributed by atoms with Crippen molar-refractivity contribution < 1.29 is 24.5 Å². The van der Waals surface area contributed by atoms with Crippen molar-refractivity contribution in [2.75, 3.05) is 5.32 Å². The largest absolute Gasteiger partial charge is 0.508 e. The Bertz CT molecular complexity index is 1010. The number of hydrogen-bond acceptors (Lipinski definition) is 4. The first-order valence-corrected chi connectivity index (χ1v) is 8.39. The average molecular weight is 375 g/mol. The normalized spacial score (nSPS) is 10.6. The van der Waals surface area contributed by atoms with Gasteiger partial charge in [0.2, 0.25) is 5.91 Å². The second kappa shape index (κ2) is 8.55. The number of carbonyl (C=O) groups is 2. The molecule has 0 aromatic heterocycles. The zero-order valence-corrected chi connectivity index (χ0v) is 14.7. The van der Waals surface area contributed by atoms with Crippen LogP contribution in [0.3, 0.4) is 0 Å². The van der Waals surface area contributed by atoms with Gasteiger partial charge in [-0.25, -0.2) is 4.79 Å². The molecule has 0 bridgehead atoms. The Morgan fingerprint density at radius 1 is 0.893 bits per heavy atom. The molecule has 0 spiro atoms. The molecule has 0 unspecified atom stereocenters. The minimum atomic E-state index is -1.16. The van der Waals surface area contributed by atoms with E-state index in [-0.39, 0.29) is 17.0 Å². The number of anilines is 1. The van der Waals surface area contributed by atoms with Crippen molar-refractivity contribution in [3.63, 3.8) is 0 Å². The number of rotatable bonds is 6. The van der Waals surface area contributed by atoms with Crippen molar-refractivity contribution in [3.8, 4) is 17.2 Å². The topological polar surface area (TPSA) is 95.9 Å². The summed E-state index contributed by atoms with van der Waals surface area (Å²) in [5.74, 6) is -0.538. The van der Waals surface area contributed by atoms with Gasteiger partial charge in [0.15, 0.2) is 0 Å². The first-order valence-electron chi connectivity index (χ1n) is 8.39. The van der Waals surface area contributed by atoms with E-state index in [0.29, 0.717) is 17.1 Å². The second-order valence-electron chi connectivity index (χ2n) is 5.84. The van der Waals surface area contributed by atoms with E-state index in [0.717, 1.165) is 0 Å². The molecule has 0 saturated carbocycles. The van der Waals surface area contributed by atoms with Crippen molar-refractivity contribution in [1.29, 1.82) is 0 Å². The van der Waals surface area contributed by atoms with E-state index in [1.807, 2.05) is 18.2 Å². The van der Waals surface area contributed by atoms with Gasteiger partial charge in [0.25, 0.3) is 0 Å². The van der Waals surface area contributed by atoms with E-state index < -0.39 is 11.9 Å². The maximum Gasteiger partial charge on any atom is 0.337 e. The van der Waals surface area contributed by atoms with Crippen LogP contribution in [-0.4, -0.2) is 22.1 Å². The third kappa shape index (κ3) is 4.98. The number of phenolic OH excluding ortho intramolecular Hbond substituents is 1. The molecule has 0 aliphatic carbocycles. The van der Waals surface area contributed by atoms with Crippen molar-refractivity contribution >= 4 is 23.6 Å². The summed E-state index contributed by atoms with van der Waals surface area (Å²) in [4.78, 5) is 23.7. The quantitative estimate of drug-likeness (QED) is 0.550. The van der Waals surface area contributed by atoms with Crippen molar-refractivity contribution in [3.05, 3.63) is 90.0 Å². The summed E-state index contributed by atoms with van der Waals surface area (Å²) in [6, 6.07) is 19.7. The molecule has 0 aliphatic rings. The standard InChI is InChI=1S/C22H17NO5/c24-16-9-6-15(7-10-16)8-13-21(25)23-20-14-18(11-12-19(20)22(26)27)28-17-4-2-1-3-5-17/h1-14,24H,(H,23,25)(H,26,27)/b13-8+. The third-order valence-electron chi connectivity index (χ3n) is 3.78. The van der Waals surface area contributed by atoms with Crippen LogP contribution < -0.4 is 10.1 Å². The lowest BCUT2D eigenvalue weighted by Gasteiger charge is -2.11. The highest BCUT2D eigenvalue weighted by Gasteiger charge is 2.13. The summed E-state index contributed by atoms with van der Waals surface area (Å²) >= 11 is 0. The minimum Gasteiger partial charge on any atom is -0.508 e. The second-order valence-corrected chi connectivity index (χ2v) is 5.84. The number of aromatic hydroxyl groups is 1. The number of amides is 1. The van der Waals surface area contributed by atoms with E-state index in [9.17, 15) is 19.8 Å². The van der Waals surface area contributed by atoms with Crippen LogP contribution in [0.5, 0.6) is 17.2 Å². The number of aromatic carboxylic acids is 1. The van der Waals surface area contributed by atoms with Crippen LogP contribution in [-0.2, 0) is 4.79 Å². The first-order chi connectivity index (χ1) is 13.5. The maximum absolute atomic E-state index is 12.2. The van der Waals surface area contributed by atoms with Gasteiger partial charge in [0.1, 0.15) is 17.2 Å². The summed E-state index contributed by atoms with van der Waals surface area (Å²) in [6.07, 6.45) is 2.84. The predicted octanol–water partition coefficient (Wildman–Crippen LogP) is 4.53. The first kappa shape index (κ1) is 18.7. The van der Waals surface area contributed by atoms with Crippen LogP contribution in [0.1, 0.15) is 15.9 Å². The number of carboxylic acids is 1. The number of carboxylic acid groups (broad SMARTS) is 1. The van der Waals surface area contributed by atoms with Gasteiger partial charge in [-0.2, -0.15) is 0 Å². The van der Waals surface area contributed by atoms with Gasteiger partial charge in [-0.3, -0.25) is 4.79 Å². The molecule has 0 heterocycles. The molecule has 1 amide bonds. The van der Waals surface area contributed by atoms with Gasteiger partial charge in [0.05, 0.1) is 11.3 Å². The van der Waals surface area contributed by atoms with Crippen LogP contribution >= 0.6 is 0 Å². The lowest BCUT2D eigenvalue weighted by atomic mass is 10.1. The van der Waals surface area contributed by atoms with Gasteiger partial charge in [-0.15, -0.1) is 0 Å². The zero-order valence-electron chi connectivity index (χ0n) is 14.7. The van der Waals surface area contributed by atoms with E-state index in [1.165, 1.54) is 36.4 Å². The van der Waals surface area contributed by atoms with E-state index >= 15 is 0 Å². The highest BCUT2D eigenvalue weighted by atomic mass is 16.5. The highest BCUT2D eigenvalue weighted by Crippen LogP contribution is 2.27. The molecule has 6 heteroatoms. The third-order valence-corrected chi connectivity index (χ3v) is 3.78. The van der Waals surface area contributed by atoms with Crippen molar-refractivity contribution in [2.45, 2.75) is 0 Å². The molecule has 3 aromatic carbocycles. The average Bonchev–Trinajstić information content (AvgIpc) is 2.68. The Morgan fingerprint density at radius 3 is 2.29 bits per heavy atom. The number of hydrogen-bond donors (Lipinski definition) is 3. The number of benzene rings is 3. The molecule has 0 radical (unpaired) electrons. The van der Waals surface area contributed by atoms with Gasteiger partial charge in [0, 0.05) is 12.1 Å². The van der Waals surface area contributed by atoms with Gasteiger partial charge in [-0.1, -0.05) is 30.3 Å². The molecular formula is C22H17NO5. The lowest BCUT2D eigenvalue weighted by Crippen LogP contribution is -2.12. The number of carbonyl (C=O) groups excluding carboxylic acids is 1. The minimum absolute atomic E-state index is 0.0493. The number of para-hydroxylation sites is 1. The van der Waals surface area contributed by atoms with Gasteiger partial charge in [-0.05, 0) is 48.0 Å². The highest BCUT2D eigenvalue weighted by molar-refractivity contribution is 6.06. The Kier molecular flexibility index (Phi) is 5.72. The van der Waals surface area contributed by atoms with Crippen LogP contribution in [0.15, 0.2) is 78.9 Å². The fourth-order valence-electron chi connectivity index (χ4n) is 2.43. The zero-order chi connectivity index (χ0) is 19.9. The summed E-state index contributed by atoms with van der Waals surface area (Å²) < 4.78 is 5.69. The number of nitrogens with one attached hydrogen (secondary N) is 1. The van der Waals surface area contributed by atoms with Crippen LogP contribution in [0, 0.1) is 0 Å². The summed E-state index contributed by atoms with van der Waals surface area (Å²) in [5, 5.41) is 21.2. The maximum atomic E-state index is 12.2. The van der Waals surface area contributed by atoms with Crippen LogP contribution in [0.25, 0.3) is 6.08 Å². The Morgan fingerprint density at radius 2 is 1.61 bits per heavy atom. The van der Waals surface area contributed by atoms with Gasteiger partial charge < -0.3 is 20.3 Å². The molecule has 0 aliphatic heterocycles.